The molecule has 4 aromatic heterocycles. The standard InChI is InChI=1S/C35H33N5O2/c1-21(2)25-13-15-29(16-14-25)38-35(41)27-11-9-26(10-12-27)32-19-31-33(40(32)23(4)30-8-6-7-17-36-30)18-28(20-37-31)34-22(3)39-42-24(34)5/h6-21,23H,1-5H3,(H,38,41). The van der Waals surface area contributed by atoms with E-state index in [4.69, 9.17) is 9.51 Å². The van der Waals surface area contributed by atoms with Crippen LogP contribution in [0.25, 0.3) is 33.4 Å². The lowest BCUT2D eigenvalue weighted by Crippen LogP contribution is -2.12. The normalized spacial score (nSPS) is 12.1. The van der Waals surface area contributed by atoms with Crippen LogP contribution in [0.15, 0.2) is 95.8 Å². The number of hydrogen-bond acceptors (Lipinski definition) is 5. The number of benzene rings is 2. The Hall–Kier alpha value is -5.04. The predicted molar refractivity (Wildman–Crippen MR) is 167 cm³/mol. The SMILES string of the molecule is Cc1noc(C)c1-c1cnc2cc(-c3ccc(C(=O)Nc4ccc(C(C)C)cc4)cc3)n(C(C)c3ccccn3)c2c1. The molecular weight excluding hydrogens is 522 g/mol. The molecule has 0 radical (unpaired) electrons. The third-order valence-electron chi connectivity index (χ3n) is 7.79. The van der Waals surface area contributed by atoms with Gasteiger partial charge in [-0.05, 0) is 86.3 Å². The molecule has 42 heavy (non-hydrogen) atoms. The zero-order chi connectivity index (χ0) is 29.4. The van der Waals surface area contributed by atoms with Crippen LogP contribution in [0.4, 0.5) is 5.69 Å². The molecule has 1 atom stereocenters. The van der Waals surface area contributed by atoms with Gasteiger partial charge in [0.05, 0.1) is 34.2 Å². The smallest absolute Gasteiger partial charge is 0.255 e. The fraction of sp³-hybridized carbons (Fsp3) is 0.200. The van der Waals surface area contributed by atoms with Gasteiger partial charge in [-0.1, -0.05) is 49.3 Å². The highest BCUT2D eigenvalue weighted by Gasteiger charge is 2.21. The average Bonchev–Trinajstić information content (AvgIpc) is 3.56. The van der Waals surface area contributed by atoms with E-state index in [2.05, 4.69) is 65.1 Å². The van der Waals surface area contributed by atoms with Gasteiger partial charge < -0.3 is 14.4 Å². The van der Waals surface area contributed by atoms with E-state index in [-0.39, 0.29) is 11.9 Å². The third kappa shape index (κ3) is 5.09. The summed E-state index contributed by atoms with van der Waals surface area (Å²) in [6.45, 7) is 10.3. The van der Waals surface area contributed by atoms with Crippen LogP contribution in [0, 0.1) is 13.8 Å². The molecule has 1 unspecified atom stereocenters. The number of anilines is 1. The van der Waals surface area contributed by atoms with E-state index in [1.807, 2.05) is 80.8 Å². The van der Waals surface area contributed by atoms with E-state index in [0.717, 1.165) is 56.3 Å². The Morgan fingerprint density at radius 3 is 2.29 bits per heavy atom. The largest absolute Gasteiger partial charge is 0.361 e. The van der Waals surface area contributed by atoms with Crippen molar-refractivity contribution in [3.8, 4) is 22.4 Å². The van der Waals surface area contributed by atoms with Crippen molar-refractivity contribution in [3.05, 3.63) is 120 Å². The van der Waals surface area contributed by atoms with Crippen LogP contribution in [0.5, 0.6) is 0 Å². The third-order valence-corrected chi connectivity index (χ3v) is 7.79. The maximum Gasteiger partial charge on any atom is 0.255 e. The molecule has 0 aliphatic carbocycles. The molecule has 0 spiro atoms. The first-order chi connectivity index (χ1) is 20.3. The average molecular weight is 556 g/mol. The maximum atomic E-state index is 13.0. The lowest BCUT2D eigenvalue weighted by Gasteiger charge is -2.19. The van der Waals surface area contributed by atoms with E-state index >= 15 is 0 Å². The molecule has 210 valence electrons. The fourth-order valence-electron chi connectivity index (χ4n) is 5.47. The zero-order valence-electron chi connectivity index (χ0n) is 24.4. The number of carbonyl (C=O) groups excluding carboxylic acids is 1. The summed E-state index contributed by atoms with van der Waals surface area (Å²) in [5.41, 5.74) is 10.1. The topological polar surface area (TPSA) is 85.8 Å². The molecule has 0 aliphatic heterocycles. The van der Waals surface area contributed by atoms with Crippen molar-refractivity contribution in [1.29, 1.82) is 0 Å². The number of hydrogen-bond donors (Lipinski definition) is 1. The highest BCUT2D eigenvalue weighted by Crippen LogP contribution is 2.36. The number of nitrogens with one attached hydrogen (secondary N) is 1. The fourth-order valence-corrected chi connectivity index (χ4v) is 5.47. The summed E-state index contributed by atoms with van der Waals surface area (Å²) < 4.78 is 7.70. The highest BCUT2D eigenvalue weighted by atomic mass is 16.5. The summed E-state index contributed by atoms with van der Waals surface area (Å²) >= 11 is 0. The predicted octanol–water partition coefficient (Wildman–Crippen LogP) is 8.36. The number of rotatable bonds is 7. The van der Waals surface area contributed by atoms with Crippen molar-refractivity contribution < 1.29 is 9.32 Å². The molecule has 0 saturated heterocycles. The lowest BCUT2D eigenvalue weighted by molar-refractivity contribution is 0.102. The van der Waals surface area contributed by atoms with E-state index < -0.39 is 0 Å². The quantitative estimate of drug-likeness (QED) is 0.214. The first-order valence-electron chi connectivity index (χ1n) is 14.2. The Bertz CT molecular complexity index is 1850. The molecule has 1 N–H and O–H groups in total. The van der Waals surface area contributed by atoms with Crippen molar-refractivity contribution >= 4 is 22.6 Å². The van der Waals surface area contributed by atoms with Crippen molar-refractivity contribution in [3.63, 3.8) is 0 Å². The Morgan fingerprint density at radius 1 is 0.881 bits per heavy atom. The zero-order valence-corrected chi connectivity index (χ0v) is 24.4. The molecule has 1 amide bonds. The minimum Gasteiger partial charge on any atom is -0.361 e. The van der Waals surface area contributed by atoms with Gasteiger partial charge in [0.25, 0.3) is 5.91 Å². The van der Waals surface area contributed by atoms with Gasteiger partial charge in [0.1, 0.15) is 5.76 Å². The van der Waals surface area contributed by atoms with Crippen molar-refractivity contribution in [2.45, 2.75) is 46.6 Å². The Labute approximate surface area is 245 Å². The van der Waals surface area contributed by atoms with Gasteiger partial charge in [-0.25, -0.2) is 0 Å². The molecule has 0 fully saturated rings. The minimum absolute atomic E-state index is 0.0720. The van der Waals surface area contributed by atoms with Gasteiger partial charge >= 0.3 is 0 Å². The van der Waals surface area contributed by atoms with Gasteiger partial charge in [0, 0.05) is 34.8 Å². The number of pyridine rings is 2. The molecule has 6 rings (SSSR count). The molecule has 4 heterocycles. The van der Waals surface area contributed by atoms with Crippen molar-refractivity contribution in [2.75, 3.05) is 5.32 Å². The van der Waals surface area contributed by atoms with Crippen LogP contribution in [-0.4, -0.2) is 25.6 Å². The molecule has 7 heteroatoms. The summed E-state index contributed by atoms with van der Waals surface area (Å²) in [6.07, 6.45) is 3.68. The lowest BCUT2D eigenvalue weighted by atomic mass is 10.0. The van der Waals surface area contributed by atoms with Crippen LogP contribution in [0.2, 0.25) is 0 Å². The van der Waals surface area contributed by atoms with E-state index in [9.17, 15) is 4.79 Å². The molecule has 0 bridgehead atoms. The number of aryl methyl sites for hydroxylation is 2. The van der Waals surface area contributed by atoms with E-state index in [1.165, 1.54) is 5.56 Å². The highest BCUT2D eigenvalue weighted by molar-refractivity contribution is 6.04. The number of fused-ring (bicyclic) bond motifs is 1. The van der Waals surface area contributed by atoms with Gasteiger partial charge in [0.15, 0.2) is 0 Å². The summed E-state index contributed by atoms with van der Waals surface area (Å²) in [4.78, 5) is 22.5. The van der Waals surface area contributed by atoms with Crippen LogP contribution in [-0.2, 0) is 0 Å². The van der Waals surface area contributed by atoms with Crippen LogP contribution in [0.1, 0.15) is 65.8 Å². The number of nitrogens with zero attached hydrogens (tertiary/aromatic N) is 4. The van der Waals surface area contributed by atoms with Crippen molar-refractivity contribution in [1.82, 2.24) is 19.7 Å². The Morgan fingerprint density at radius 2 is 1.64 bits per heavy atom. The maximum absolute atomic E-state index is 13.0. The van der Waals surface area contributed by atoms with Crippen LogP contribution < -0.4 is 5.32 Å². The monoisotopic (exact) mass is 555 g/mol. The second-order valence-corrected chi connectivity index (χ2v) is 11.0. The molecule has 0 saturated carbocycles. The Balaban J connectivity index is 1.38. The van der Waals surface area contributed by atoms with Gasteiger partial charge in [0.2, 0.25) is 0 Å². The number of amides is 1. The summed E-state index contributed by atoms with van der Waals surface area (Å²) in [6, 6.07) is 25.8. The van der Waals surface area contributed by atoms with E-state index in [0.29, 0.717) is 11.5 Å². The number of aromatic nitrogens is 4. The van der Waals surface area contributed by atoms with Crippen molar-refractivity contribution in [2.24, 2.45) is 0 Å². The van der Waals surface area contributed by atoms with E-state index in [1.54, 1.807) is 0 Å². The van der Waals surface area contributed by atoms with Gasteiger partial charge in [-0.2, -0.15) is 0 Å². The molecular formula is C35H33N5O2. The van der Waals surface area contributed by atoms with Gasteiger partial charge in [-0.3, -0.25) is 14.8 Å². The number of carbonyl (C=O) groups is 1. The molecule has 6 aromatic rings. The second-order valence-electron chi connectivity index (χ2n) is 11.0. The summed E-state index contributed by atoms with van der Waals surface area (Å²) in [5.74, 6) is 1.05. The second kappa shape index (κ2) is 11.1. The molecule has 2 aromatic carbocycles. The van der Waals surface area contributed by atoms with Crippen LogP contribution in [0.3, 0.4) is 0 Å². The summed E-state index contributed by atoms with van der Waals surface area (Å²) in [5, 5.41) is 7.15. The summed E-state index contributed by atoms with van der Waals surface area (Å²) in [7, 11) is 0. The van der Waals surface area contributed by atoms with Crippen LogP contribution >= 0.6 is 0 Å². The molecule has 7 nitrogen and oxygen atoms in total. The molecule has 0 aliphatic rings. The van der Waals surface area contributed by atoms with Gasteiger partial charge in [-0.15, -0.1) is 0 Å². The first-order valence-corrected chi connectivity index (χ1v) is 14.2. The minimum atomic E-state index is -0.146. The first kappa shape index (κ1) is 27.1. The Kier molecular flexibility index (Phi) is 7.17.